The fourth-order valence-electron chi connectivity index (χ4n) is 2.18. The Morgan fingerprint density at radius 2 is 1.75 bits per heavy atom. The van der Waals surface area contributed by atoms with Gasteiger partial charge in [-0.1, -0.05) is 43.3 Å². The monoisotopic (exact) mass is 275 g/mol. The van der Waals surface area contributed by atoms with Crippen molar-refractivity contribution in [2.75, 3.05) is 11.9 Å². The van der Waals surface area contributed by atoms with Crippen molar-refractivity contribution in [3.63, 3.8) is 0 Å². The molecule has 1 atom stereocenters. The first kappa shape index (κ1) is 14.5. The number of nitrogens with one attached hydrogen (secondary N) is 1. The molecular weight excluding hydrogens is 256 g/mol. The van der Waals surface area contributed by atoms with Crippen LogP contribution in [0.4, 0.5) is 14.5 Å². The van der Waals surface area contributed by atoms with Crippen LogP contribution in [0.25, 0.3) is 0 Å². The fraction of sp³-hybridized carbons (Fsp3) is 0.294. The number of hydrogen-bond acceptors (Lipinski definition) is 1. The Balaban J connectivity index is 1.95. The van der Waals surface area contributed by atoms with Gasteiger partial charge in [0.1, 0.15) is 11.5 Å². The first-order chi connectivity index (χ1) is 9.59. The summed E-state index contributed by atoms with van der Waals surface area (Å²) in [6.45, 7) is 4.28. The van der Waals surface area contributed by atoms with Crippen molar-refractivity contribution in [3.8, 4) is 0 Å². The van der Waals surface area contributed by atoms with E-state index in [4.69, 9.17) is 0 Å². The summed E-state index contributed by atoms with van der Waals surface area (Å²) in [5.74, 6) is -0.697. The van der Waals surface area contributed by atoms with E-state index in [1.807, 2.05) is 18.2 Å². The molecular formula is C17H19F2N. The zero-order valence-electron chi connectivity index (χ0n) is 11.8. The minimum Gasteiger partial charge on any atom is -0.380 e. The van der Waals surface area contributed by atoms with Crippen molar-refractivity contribution in [3.05, 3.63) is 65.2 Å². The molecule has 0 saturated carbocycles. The van der Waals surface area contributed by atoms with Gasteiger partial charge in [0, 0.05) is 6.54 Å². The lowest BCUT2D eigenvalue weighted by molar-refractivity contribution is 0.580. The molecule has 0 aliphatic carbocycles. The maximum atomic E-state index is 13.8. The van der Waals surface area contributed by atoms with Crippen LogP contribution in [-0.2, 0) is 0 Å². The van der Waals surface area contributed by atoms with Crippen LogP contribution >= 0.6 is 0 Å². The molecule has 0 spiro atoms. The lowest BCUT2D eigenvalue weighted by Crippen LogP contribution is -2.09. The van der Waals surface area contributed by atoms with E-state index in [0.29, 0.717) is 18.0 Å². The van der Waals surface area contributed by atoms with Crippen molar-refractivity contribution in [1.29, 1.82) is 0 Å². The Kier molecular flexibility index (Phi) is 4.72. The molecule has 1 N–H and O–H groups in total. The van der Waals surface area contributed by atoms with Crippen LogP contribution in [-0.4, -0.2) is 6.54 Å². The minimum atomic E-state index is -0.541. The Hall–Kier alpha value is -1.90. The van der Waals surface area contributed by atoms with Crippen LogP contribution in [0.1, 0.15) is 30.4 Å². The molecule has 2 rings (SSSR count). The molecule has 2 aromatic rings. The van der Waals surface area contributed by atoms with E-state index in [2.05, 4.69) is 24.4 Å². The van der Waals surface area contributed by atoms with E-state index in [9.17, 15) is 8.78 Å². The zero-order valence-corrected chi connectivity index (χ0v) is 11.8. The summed E-state index contributed by atoms with van der Waals surface area (Å²) in [6, 6.07) is 12.9. The highest BCUT2D eigenvalue weighted by molar-refractivity contribution is 5.48. The Bertz CT molecular complexity index is 567. The second-order valence-electron chi connectivity index (χ2n) is 5.08. The number of benzene rings is 2. The third-order valence-electron chi connectivity index (χ3n) is 3.53. The van der Waals surface area contributed by atoms with Gasteiger partial charge >= 0.3 is 0 Å². The lowest BCUT2D eigenvalue weighted by atomic mass is 9.98. The highest BCUT2D eigenvalue weighted by Crippen LogP contribution is 2.23. The van der Waals surface area contributed by atoms with Gasteiger partial charge in [0.15, 0.2) is 5.82 Å². The average Bonchev–Trinajstić information content (AvgIpc) is 2.47. The molecule has 20 heavy (non-hydrogen) atoms. The summed E-state index contributed by atoms with van der Waals surface area (Å²) in [4.78, 5) is 0. The Labute approximate surface area is 118 Å². The van der Waals surface area contributed by atoms with Gasteiger partial charge in [-0.05, 0) is 36.5 Å². The molecule has 1 unspecified atom stereocenters. The molecule has 0 fully saturated rings. The molecule has 0 bridgehead atoms. The van der Waals surface area contributed by atoms with Crippen molar-refractivity contribution >= 4 is 5.69 Å². The topological polar surface area (TPSA) is 12.0 Å². The molecule has 2 aromatic carbocycles. The molecule has 0 radical (unpaired) electrons. The number of rotatable bonds is 5. The third kappa shape index (κ3) is 3.35. The molecule has 3 heteroatoms. The van der Waals surface area contributed by atoms with Crippen LogP contribution in [0.2, 0.25) is 0 Å². The molecule has 106 valence electrons. The van der Waals surface area contributed by atoms with Crippen molar-refractivity contribution in [1.82, 2.24) is 0 Å². The SMILES string of the molecule is Cc1ccc(F)c(NCCC(C)c2ccccc2)c1F. The first-order valence-electron chi connectivity index (χ1n) is 6.83. The molecule has 1 nitrogen and oxygen atoms in total. The molecule has 0 aliphatic heterocycles. The number of anilines is 1. The van der Waals surface area contributed by atoms with Crippen LogP contribution in [0.5, 0.6) is 0 Å². The van der Waals surface area contributed by atoms with Gasteiger partial charge in [-0.15, -0.1) is 0 Å². The summed E-state index contributed by atoms with van der Waals surface area (Å²) in [5.41, 5.74) is 1.66. The van der Waals surface area contributed by atoms with Gasteiger partial charge in [0.2, 0.25) is 0 Å². The van der Waals surface area contributed by atoms with Crippen LogP contribution in [0.15, 0.2) is 42.5 Å². The number of aryl methyl sites for hydroxylation is 1. The van der Waals surface area contributed by atoms with Gasteiger partial charge in [0.25, 0.3) is 0 Å². The summed E-state index contributed by atoms with van der Waals surface area (Å²) >= 11 is 0. The Morgan fingerprint density at radius 3 is 2.45 bits per heavy atom. The van der Waals surface area contributed by atoms with Gasteiger partial charge in [-0.25, -0.2) is 8.78 Å². The van der Waals surface area contributed by atoms with E-state index >= 15 is 0 Å². The third-order valence-corrected chi connectivity index (χ3v) is 3.53. The quantitative estimate of drug-likeness (QED) is 0.820. The highest BCUT2D eigenvalue weighted by atomic mass is 19.1. The summed E-state index contributed by atoms with van der Waals surface area (Å²) in [5, 5.41) is 2.87. The van der Waals surface area contributed by atoms with Gasteiger partial charge < -0.3 is 5.32 Å². The average molecular weight is 275 g/mol. The predicted octanol–water partition coefficient (Wildman–Crippen LogP) is 4.88. The van der Waals surface area contributed by atoms with E-state index in [-0.39, 0.29) is 5.69 Å². The fourth-order valence-corrected chi connectivity index (χ4v) is 2.18. The van der Waals surface area contributed by atoms with Crippen molar-refractivity contribution < 1.29 is 8.78 Å². The molecule has 0 heterocycles. The molecule has 0 amide bonds. The summed E-state index contributed by atoms with van der Waals surface area (Å²) < 4.78 is 27.4. The largest absolute Gasteiger partial charge is 0.380 e. The number of halogens is 2. The van der Waals surface area contributed by atoms with E-state index in [0.717, 1.165) is 6.42 Å². The normalized spacial score (nSPS) is 12.2. The smallest absolute Gasteiger partial charge is 0.152 e. The first-order valence-corrected chi connectivity index (χ1v) is 6.83. The summed E-state index contributed by atoms with van der Waals surface area (Å²) in [7, 11) is 0. The standard InChI is InChI=1S/C17H19F2N/c1-12(14-6-4-3-5-7-14)10-11-20-17-15(18)9-8-13(2)16(17)19/h3-9,12,20H,10-11H2,1-2H3. The van der Waals surface area contributed by atoms with Gasteiger partial charge in [0.05, 0.1) is 0 Å². The number of hydrogen-bond donors (Lipinski definition) is 1. The van der Waals surface area contributed by atoms with E-state index in [1.54, 1.807) is 6.92 Å². The minimum absolute atomic E-state index is 0.0229. The van der Waals surface area contributed by atoms with Crippen LogP contribution in [0.3, 0.4) is 0 Å². The van der Waals surface area contributed by atoms with E-state index in [1.165, 1.54) is 17.7 Å². The maximum absolute atomic E-state index is 13.8. The van der Waals surface area contributed by atoms with Crippen LogP contribution in [0, 0.1) is 18.6 Å². The lowest BCUT2D eigenvalue weighted by Gasteiger charge is -2.14. The van der Waals surface area contributed by atoms with Crippen molar-refractivity contribution in [2.24, 2.45) is 0 Å². The zero-order chi connectivity index (χ0) is 14.5. The van der Waals surface area contributed by atoms with Gasteiger partial charge in [-0.2, -0.15) is 0 Å². The highest BCUT2D eigenvalue weighted by Gasteiger charge is 2.11. The second-order valence-corrected chi connectivity index (χ2v) is 5.08. The maximum Gasteiger partial charge on any atom is 0.152 e. The molecule has 0 saturated heterocycles. The second kappa shape index (κ2) is 6.51. The van der Waals surface area contributed by atoms with Gasteiger partial charge in [-0.3, -0.25) is 0 Å². The Morgan fingerprint density at radius 1 is 1.05 bits per heavy atom. The predicted molar refractivity (Wildman–Crippen MR) is 79.1 cm³/mol. The summed E-state index contributed by atoms with van der Waals surface area (Å²) in [6.07, 6.45) is 0.816. The van der Waals surface area contributed by atoms with E-state index < -0.39 is 11.6 Å². The molecule has 0 aliphatic rings. The molecule has 0 aromatic heterocycles. The van der Waals surface area contributed by atoms with Crippen molar-refractivity contribution in [2.45, 2.75) is 26.2 Å². The van der Waals surface area contributed by atoms with Crippen LogP contribution < -0.4 is 5.32 Å².